The molecule has 0 bridgehead atoms. The first-order chi connectivity index (χ1) is 13.0. The van der Waals surface area contributed by atoms with Crippen molar-refractivity contribution < 1.29 is 4.79 Å². The summed E-state index contributed by atoms with van der Waals surface area (Å²) in [7, 11) is 0. The van der Waals surface area contributed by atoms with Crippen molar-refractivity contribution in [3.05, 3.63) is 82.3 Å². The van der Waals surface area contributed by atoms with E-state index in [1.165, 1.54) is 0 Å². The maximum absolute atomic E-state index is 12.5. The molecule has 3 aromatic rings. The van der Waals surface area contributed by atoms with Gasteiger partial charge in [0.25, 0.3) is 5.91 Å². The van der Waals surface area contributed by atoms with Gasteiger partial charge in [0, 0.05) is 23.3 Å². The fourth-order valence-electron chi connectivity index (χ4n) is 2.70. The molecule has 2 aromatic carbocycles. The molecule has 0 radical (unpaired) electrons. The summed E-state index contributed by atoms with van der Waals surface area (Å²) in [6.45, 7) is 4.29. The summed E-state index contributed by atoms with van der Waals surface area (Å²) in [5.74, 6) is 0.903. The quantitative estimate of drug-likeness (QED) is 0.662. The Morgan fingerprint density at radius 1 is 1.04 bits per heavy atom. The number of carbonyl (C=O) groups is 1. The number of carbonyl (C=O) groups excluding carboxylic acids is 1. The van der Waals surface area contributed by atoms with Crippen LogP contribution in [0.5, 0.6) is 0 Å². The Morgan fingerprint density at radius 3 is 2.63 bits per heavy atom. The van der Waals surface area contributed by atoms with Gasteiger partial charge in [0.15, 0.2) is 0 Å². The van der Waals surface area contributed by atoms with Gasteiger partial charge in [0.2, 0.25) is 0 Å². The molecule has 27 heavy (non-hydrogen) atoms. The first-order valence-corrected chi connectivity index (χ1v) is 9.10. The molecule has 3 rings (SSSR count). The number of nitrogens with one attached hydrogen (secondary N) is 2. The van der Waals surface area contributed by atoms with E-state index in [1.807, 2.05) is 55.5 Å². The third-order valence-electron chi connectivity index (χ3n) is 4.07. The minimum absolute atomic E-state index is 0.227. The second-order valence-corrected chi connectivity index (χ2v) is 6.70. The van der Waals surface area contributed by atoms with Gasteiger partial charge in [-0.05, 0) is 49.6 Å². The van der Waals surface area contributed by atoms with Crippen molar-refractivity contribution in [2.45, 2.75) is 20.3 Å². The van der Waals surface area contributed by atoms with E-state index < -0.39 is 0 Å². The van der Waals surface area contributed by atoms with Crippen molar-refractivity contribution >= 4 is 29.0 Å². The normalized spacial score (nSPS) is 10.5. The number of halogens is 1. The van der Waals surface area contributed by atoms with Crippen molar-refractivity contribution in [1.29, 1.82) is 0 Å². The van der Waals surface area contributed by atoms with E-state index in [9.17, 15) is 4.79 Å². The van der Waals surface area contributed by atoms with Crippen LogP contribution in [0.2, 0.25) is 5.02 Å². The van der Waals surface area contributed by atoms with Crippen LogP contribution in [0, 0.1) is 13.8 Å². The van der Waals surface area contributed by atoms with Crippen LogP contribution < -0.4 is 10.6 Å². The lowest BCUT2D eigenvalue weighted by Gasteiger charge is -2.11. The number of hydrogen-bond acceptors (Lipinski definition) is 4. The van der Waals surface area contributed by atoms with Crippen molar-refractivity contribution in [2.24, 2.45) is 0 Å². The summed E-state index contributed by atoms with van der Waals surface area (Å²) >= 11 is 5.98. The summed E-state index contributed by atoms with van der Waals surface area (Å²) in [6.07, 6.45) is 0.699. The van der Waals surface area contributed by atoms with Crippen LogP contribution in [0.25, 0.3) is 0 Å². The molecule has 0 aliphatic rings. The van der Waals surface area contributed by atoms with E-state index in [1.54, 1.807) is 13.0 Å². The molecule has 0 saturated carbocycles. The van der Waals surface area contributed by atoms with Gasteiger partial charge in [-0.3, -0.25) is 4.79 Å². The molecule has 0 saturated heterocycles. The number of rotatable bonds is 6. The Hall–Kier alpha value is -2.92. The Morgan fingerprint density at radius 2 is 1.85 bits per heavy atom. The zero-order valence-corrected chi connectivity index (χ0v) is 16.0. The smallest absolute Gasteiger partial charge is 0.270 e. The van der Waals surface area contributed by atoms with Crippen LogP contribution >= 0.6 is 11.6 Å². The minimum Gasteiger partial charge on any atom is -0.350 e. The maximum atomic E-state index is 12.5. The summed E-state index contributed by atoms with van der Waals surface area (Å²) in [5.41, 5.74) is 3.46. The molecule has 0 atom stereocenters. The highest BCUT2D eigenvalue weighted by molar-refractivity contribution is 6.30. The largest absolute Gasteiger partial charge is 0.350 e. The number of aryl methyl sites for hydroxylation is 2. The first-order valence-electron chi connectivity index (χ1n) is 8.72. The standard InChI is InChI=1S/C21H21ClN4O/c1-14-6-3-4-9-18(14)26-20-13-19(24-15(2)25-20)21(27)23-11-10-16-7-5-8-17(22)12-16/h3-9,12-13H,10-11H2,1-2H3,(H,23,27)(H,24,25,26). The van der Waals surface area contributed by atoms with Crippen molar-refractivity contribution in [3.63, 3.8) is 0 Å². The second-order valence-electron chi connectivity index (χ2n) is 6.26. The number of anilines is 2. The predicted molar refractivity (Wildman–Crippen MR) is 109 cm³/mol. The molecule has 138 valence electrons. The predicted octanol–water partition coefficient (Wildman–Crippen LogP) is 4.46. The summed E-state index contributed by atoms with van der Waals surface area (Å²) < 4.78 is 0. The first kappa shape index (κ1) is 18.9. The molecule has 1 heterocycles. The van der Waals surface area contributed by atoms with E-state index in [0.717, 1.165) is 16.8 Å². The molecule has 0 aliphatic heterocycles. The molecular weight excluding hydrogens is 360 g/mol. The van der Waals surface area contributed by atoms with E-state index in [0.29, 0.717) is 35.3 Å². The van der Waals surface area contributed by atoms with Crippen LogP contribution in [-0.2, 0) is 6.42 Å². The molecule has 1 aromatic heterocycles. The molecule has 0 fully saturated rings. The lowest BCUT2D eigenvalue weighted by molar-refractivity contribution is 0.0949. The monoisotopic (exact) mass is 380 g/mol. The Labute approximate surface area is 163 Å². The highest BCUT2D eigenvalue weighted by Gasteiger charge is 2.11. The van der Waals surface area contributed by atoms with Gasteiger partial charge in [-0.1, -0.05) is 41.9 Å². The highest BCUT2D eigenvalue weighted by Crippen LogP contribution is 2.19. The van der Waals surface area contributed by atoms with Crippen LogP contribution in [0.1, 0.15) is 27.4 Å². The molecule has 0 unspecified atom stereocenters. The fraction of sp³-hybridized carbons (Fsp3) is 0.190. The van der Waals surface area contributed by atoms with Gasteiger partial charge < -0.3 is 10.6 Å². The number of aromatic nitrogens is 2. The zero-order chi connectivity index (χ0) is 19.2. The van der Waals surface area contributed by atoms with Gasteiger partial charge in [0.05, 0.1) is 0 Å². The summed E-state index contributed by atoms with van der Waals surface area (Å²) in [4.78, 5) is 21.1. The van der Waals surface area contributed by atoms with Crippen molar-refractivity contribution in [3.8, 4) is 0 Å². The number of para-hydroxylation sites is 1. The Kier molecular flexibility index (Phi) is 6.04. The number of nitrogens with zero attached hydrogens (tertiary/aromatic N) is 2. The molecule has 2 N–H and O–H groups in total. The number of hydrogen-bond donors (Lipinski definition) is 2. The molecule has 1 amide bonds. The minimum atomic E-state index is -0.227. The van der Waals surface area contributed by atoms with Gasteiger partial charge >= 0.3 is 0 Å². The van der Waals surface area contributed by atoms with Gasteiger partial charge in [0.1, 0.15) is 17.3 Å². The Balaban J connectivity index is 1.66. The Bertz CT molecular complexity index is 958. The average Bonchev–Trinajstić information content (AvgIpc) is 2.63. The topological polar surface area (TPSA) is 66.9 Å². The van der Waals surface area contributed by atoms with Crippen LogP contribution in [0.4, 0.5) is 11.5 Å². The van der Waals surface area contributed by atoms with E-state index in [2.05, 4.69) is 20.6 Å². The zero-order valence-electron chi connectivity index (χ0n) is 15.3. The van der Waals surface area contributed by atoms with E-state index >= 15 is 0 Å². The van der Waals surface area contributed by atoms with Crippen LogP contribution in [-0.4, -0.2) is 22.4 Å². The van der Waals surface area contributed by atoms with Gasteiger partial charge in [-0.15, -0.1) is 0 Å². The SMILES string of the molecule is Cc1nc(Nc2ccccc2C)cc(C(=O)NCCc2cccc(Cl)c2)n1. The average molecular weight is 381 g/mol. The maximum Gasteiger partial charge on any atom is 0.270 e. The second kappa shape index (κ2) is 8.64. The molecule has 6 heteroatoms. The molecule has 0 spiro atoms. The van der Waals surface area contributed by atoms with Crippen LogP contribution in [0.15, 0.2) is 54.6 Å². The highest BCUT2D eigenvalue weighted by atomic mass is 35.5. The fourth-order valence-corrected chi connectivity index (χ4v) is 2.92. The van der Waals surface area contributed by atoms with E-state index in [4.69, 9.17) is 11.6 Å². The van der Waals surface area contributed by atoms with E-state index in [-0.39, 0.29) is 5.91 Å². The van der Waals surface area contributed by atoms with Crippen molar-refractivity contribution in [2.75, 3.05) is 11.9 Å². The van der Waals surface area contributed by atoms with Gasteiger partial charge in [-0.2, -0.15) is 0 Å². The molecule has 0 aliphatic carbocycles. The number of benzene rings is 2. The molecule has 5 nitrogen and oxygen atoms in total. The third-order valence-corrected chi connectivity index (χ3v) is 4.30. The lowest BCUT2D eigenvalue weighted by Crippen LogP contribution is -2.27. The van der Waals surface area contributed by atoms with Crippen molar-refractivity contribution in [1.82, 2.24) is 15.3 Å². The number of amides is 1. The third kappa shape index (κ3) is 5.28. The van der Waals surface area contributed by atoms with Gasteiger partial charge in [-0.25, -0.2) is 9.97 Å². The lowest BCUT2D eigenvalue weighted by atomic mass is 10.1. The summed E-state index contributed by atoms with van der Waals surface area (Å²) in [6, 6.07) is 17.2. The summed E-state index contributed by atoms with van der Waals surface area (Å²) in [5, 5.41) is 6.84. The van der Waals surface area contributed by atoms with Crippen LogP contribution in [0.3, 0.4) is 0 Å². The molecular formula is C21H21ClN4O.